The first-order valence-corrected chi connectivity index (χ1v) is 8.26. The summed E-state index contributed by atoms with van der Waals surface area (Å²) >= 11 is 12.1. The number of halogens is 2. The first-order valence-electron chi connectivity index (χ1n) is 7.50. The Labute approximate surface area is 149 Å². The van der Waals surface area contributed by atoms with Crippen molar-refractivity contribution in [3.05, 3.63) is 87.1 Å². The Hall–Kier alpha value is -2.29. The van der Waals surface area contributed by atoms with Gasteiger partial charge in [-0.3, -0.25) is 4.79 Å². The van der Waals surface area contributed by atoms with Crippen molar-refractivity contribution in [3.63, 3.8) is 0 Å². The summed E-state index contributed by atoms with van der Waals surface area (Å²) in [5.41, 5.74) is 3.34. The van der Waals surface area contributed by atoms with Crippen LogP contribution in [0.15, 0.2) is 64.6 Å². The summed E-state index contributed by atoms with van der Waals surface area (Å²) in [7, 11) is 0. The Kier molecular flexibility index (Phi) is 3.79. The van der Waals surface area contributed by atoms with E-state index in [-0.39, 0.29) is 5.78 Å². The zero-order chi connectivity index (χ0) is 16.7. The summed E-state index contributed by atoms with van der Waals surface area (Å²) in [6.45, 7) is 0. The molecule has 0 saturated heterocycles. The molecule has 4 heteroatoms. The molecule has 1 aliphatic carbocycles. The number of Topliss-reactive ketones (excluding diaryl/α,β-unsaturated/α-hetero) is 1. The highest BCUT2D eigenvalue weighted by Gasteiger charge is 2.24. The average Bonchev–Trinajstić information content (AvgIpc) is 3.14. The molecule has 2 aromatic carbocycles. The maximum atomic E-state index is 12.4. The van der Waals surface area contributed by atoms with Gasteiger partial charge in [0, 0.05) is 28.1 Å². The summed E-state index contributed by atoms with van der Waals surface area (Å²) in [5, 5.41) is 1.10. The zero-order valence-corrected chi connectivity index (χ0v) is 14.1. The van der Waals surface area contributed by atoms with Crippen molar-refractivity contribution in [1.29, 1.82) is 0 Å². The Morgan fingerprint density at radius 2 is 1.79 bits per heavy atom. The molecule has 0 spiro atoms. The van der Waals surface area contributed by atoms with Gasteiger partial charge >= 0.3 is 0 Å². The highest BCUT2D eigenvalue weighted by Crippen LogP contribution is 2.33. The van der Waals surface area contributed by atoms with E-state index in [0.717, 1.165) is 22.3 Å². The van der Waals surface area contributed by atoms with Crippen LogP contribution in [0.2, 0.25) is 10.0 Å². The summed E-state index contributed by atoms with van der Waals surface area (Å²) in [4.78, 5) is 12.4. The molecule has 0 bridgehead atoms. The molecule has 1 aromatic heterocycles. The maximum Gasteiger partial charge on any atom is 0.189 e. The van der Waals surface area contributed by atoms with E-state index in [1.165, 1.54) is 0 Å². The third-order valence-electron chi connectivity index (χ3n) is 4.07. The first-order chi connectivity index (χ1) is 11.6. The molecule has 0 aliphatic heterocycles. The van der Waals surface area contributed by atoms with Gasteiger partial charge in [-0.15, -0.1) is 0 Å². The molecule has 0 amide bonds. The Balaban J connectivity index is 1.66. The molecule has 0 N–H and O–H groups in total. The van der Waals surface area contributed by atoms with Crippen LogP contribution in [0.3, 0.4) is 0 Å². The molecular formula is C20H12Cl2O2. The van der Waals surface area contributed by atoms with Gasteiger partial charge in [0.2, 0.25) is 0 Å². The lowest BCUT2D eigenvalue weighted by molar-refractivity contribution is 0.104. The van der Waals surface area contributed by atoms with E-state index in [2.05, 4.69) is 0 Å². The van der Waals surface area contributed by atoms with Crippen LogP contribution in [0.25, 0.3) is 17.4 Å². The van der Waals surface area contributed by atoms with Gasteiger partial charge in [-0.05, 0) is 42.0 Å². The van der Waals surface area contributed by atoms with Gasteiger partial charge in [0.25, 0.3) is 0 Å². The Bertz CT molecular complexity index is 983. The largest absolute Gasteiger partial charge is 0.457 e. The van der Waals surface area contributed by atoms with Crippen LogP contribution in [0.4, 0.5) is 0 Å². The third-order valence-corrected chi connectivity index (χ3v) is 4.62. The molecule has 4 rings (SSSR count). The minimum absolute atomic E-state index is 0.0630. The molecule has 0 fully saturated rings. The summed E-state index contributed by atoms with van der Waals surface area (Å²) in [6.07, 6.45) is 2.43. The molecule has 2 nitrogen and oxygen atoms in total. The van der Waals surface area contributed by atoms with Gasteiger partial charge < -0.3 is 4.42 Å². The van der Waals surface area contributed by atoms with E-state index < -0.39 is 0 Å². The monoisotopic (exact) mass is 354 g/mol. The van der Waals surface area contributed by atoms with Crippen LogP contribution in [0, 0.1) is 0 Å². The second-order valence-corrected chi connectivity index (χ2v) is 6.50. The van der Waals surface area contributed by atoms with Crippen LogP contribution < -0.4 is 0 Å². The maximum absolute atomic E-state index is 12.4. The van der Waals surface area contributed by atoms with Crippen LogP contribution in [0.1, 0.15) is 21.7 Å². The van der Waals surface area contributed by atoms with Crippen molar-refractivity contribution in [2.24, 2.45) is 0 Å². The average molecular weight is 355 g/mol. The van der Waals surface area contributed by atoms with Gasteiger partial charge in [0.1, 0.15) is 11.5 Å². The number of ketones is 1. The fraction of sp³-hybridized carbons (Fsp3) is 0.0500. The van der Waals surface area contributed by atoms with Crippen LogP contribution in [-0.4, -0.2) is 5.78 Å². The van der Waals surface area contributed by atoms with E-state index in [0.29, 0.717) is 28.0 Å². The fourth-order valence-electron chi connectivity index (χ4n) is 2.91. The molecule has 1 heterocycles. The van der Waals surface area contributed by atoms with Gasteiger partial charge in [-0.25, -0.2) is 0 Å². The molecule has 24 heavy (non-hydrogen) atoms. The van der Waals surface area contributed by atoms with Crippen molar-refractivity contribution in [2.45, 2.75) is 6.42 Å². The van der Waals surface area contributed by atoms with E-state index in [9.17, 15) is 4.79 Å². The number of hydrogen-bond donors (Lipinski definition) is 0. The number of hydrogen-bond acceptors (Lipinski definition) is 2. The highest BCUT2D eigenvalue weighted by atomic mass is 35.5. The van der Waals surface area contributed by atoms with Crippen molar-refractivity contribution in [3.8, 4) is 11.3 Å². The molecule has 3 aromatic rings. The van der Waals surface area contributed by atoms with Crippen molar-refractivity contribution in [1.82, 2.24) is 0 Å². The van der Waals surface area contributed by atoms with E-state index in [1.807, 2.05) is 42.5 Å². The lowest BCUT2D eigenvalue weighted by Gasteiger charge is -2.01. The molecule has 1 aliphatic rings. The van der Waals surface area contributed by atoms with Crippen molar-refractivity contribution < 1.29 is 9.21 Å². The quantitative estimate of drug-likeness (QED) is 0.522. The summed E-state index contributed by atoms with van der Waals surface area (Å²) in [6, 6.07) is 16.6. The normalized spacial score (nSPS) is 15.1. The minimum atomic E-state index is 0.0630. The van der Waals surface area contributed by atoms with Crippen LogP contribution >= 0.6 is 23.2 Å². The third kappa shape index (κ3) is 2.68. The number of carbonyl (C=O) groups excluding carboxylic acids is 1. The first kappa shape index (κ1) is 15.3. The summed E-state index contributed by atoms with van der Waals surface area (Å²) < 4.78 is 5.84. The molecule has 118 valence electrons. The second kappa shape index (κ2) is 5.97. The van der Waals surface area contributed by atoms with E-state index in [4.69, 9.17) is 27.6 Å². The van der Waals surface area contributed by atoms with Crippen LogP contribution in [-0.2, 0) is 6.42 Å². The lowest BCUT2D eigenvalue weighted by atomic mass is 10.1. The van der Waals surface area contributed by atoms with Crippen LogP contribution in [0.5, 0.6) is 0 Å². The van der Waals surface area contributed by atoms with E-state index in [1.54, 1.807) is 18.2 Å². The topological polar surface area (TPSA) is 30.2 Å². The Morgan fingerprint density at radius 1 is 0.958 bits per heavy atom. The van der Waals surface area contributed by atoms with Gasteiger partial charge in [0.05, 0.1) is 5.02 Å². The molecule has 0 saturated carbocycles. The minimum Gasteiger partial charge on any atom is -0.457 e. The Morgan fingerprint density at radius 3 is 2.58 bits per heavy atom. The predicted octanol–water partition coefficient (Wildman–Crippen LogP) is 6.08. The number of allylic oxidation sites excluding steroid dienone is 1. The van der Waals surface area contributed by atoms with Crippen molar-refractivity contribution in [2.75, 3.05) is 0 Å². The number of fused-ring (bicyclic) bond motifs is 1. The smallest absolute Gasteiger partial charge is 0.189 e. The number of furan rings is 1. The van der Waals surface area contributed by atoms with Gasteiger partial charge in [0.15, 0.2) is 5.78 Å². The molecular weight excluding hydrogens is 343 g/mol. The highest BCUT2D eigenvalue weighted by molar-refractivity contribution is 6.36. The molecule has 0 unspecified atom stereocenters. The van der Waals surface area contributed by atoms with Crippen molar-refractivity contribution >= 4 is 35.1 Å². The predicted molar refractivity (Wildman–Crippen MR) is 96.6 cm³/mol. The SMILES string of the molecule is O=C1C(=Cc2ccc(-c3ccc(Cl)cc3Cl)o2)Cc2ccccc21. The number of carbonyl (C=O) groups is 1. The van der Waals surface area contributed by atoms with Gasteiger partial charge in [-0.1, -0.05) is 47.5 Å². The second-order valence-electron chi connectivity index (χ2n) is 5.66. The summed E-state index contributed by atoms with van der Waals surface area (Å²) in [5.74, 6) is 1.34. The number of rotatable bonds is 2. The van der Waals surface area contributed by atoms with Gasteiger partial charge in [-0.2, -0.15) is 0 Å². The lowest BCUT2D eigenvalue weighted by Crippen LogP contribution is -1.94. The zero-order valence-electron chi connectivity index (χ0n) is 12.6. The van der Waals surface area contributed by atoms with E-state index >= 15 is 0 Å². The number of benzene rings is 2. The molecule has 0 atom stereocenters. The standard InChI is InChI=1S/C20H12Cl2O2/c21-14-5-7-17(18(22)11-14)19-8-6-15(24-19)10-13-9-12-3-1-2-4-16(12)20(13)23/h1-8,10-11H,9H2. The fourth-order valence-corrected chi connectivity index (χ4v) is 3.41. The molecule has 0 radical (unpaired) electrons.